The van der Waals surface area contributed by atoms with Gasteiger partial charge in [0.2, 0.25) is 15.9 Å². The molecule has 0 aromatic heterocycles. The van der Waals surface area contributed by atoms with Gasteiger partial charge in [0, 0.05) is 13.2 Å². The molecule has 0 heterocycles. The molecule has 0 saturated carbocycles. The number of sulfonamides is 1. The second-order valence-corrected chi connectivity index (χ2v) is 7.67. The first kappa shape index (κ1) is 21.5. The van der Waals surface area contributed by atoms with E-state index in [1.54, 1.807) is 6.92 Å². The summed E-state index contributed by atoms with van der Waals surface area (Å²) in [6.45, 7) is 1.10. The van der Waals surface area contributed by atoms with Gasteiger partial charge < -0.3 is 10.1 Å². The largest absolute Gasteiger partial charge is 0.416 e. The first-order valence-electron chi connectivity index (χ1n) is 6.99. The fraction of sp³-hybridized carbons (Fsp3) is 0.500. The van der Waals surface area contributed by atoms with E-state index in [0.29, 0.717) is 10.4 Å². The fourth-order valence-corrected chi connectivity index (χ4v) is 3.13. The third kappa shape index (κ3) is 6.37. The van der Waals surface area contributed by atoms with Gasteiger partial charge in [-0.2, -0.15) is 13.2 Å². The molecule has 1 atom stereocenters. The summed E-state index contributed by atoms with van der Waals surface area (Å²) in [6, 6.07) is 1.85. The van der Waals surface area contributed by atoms with E-state index < -0.39 is 45.9 Å². The van der Waals surface area contributed by atoms with Crippen LogP contribution in [0.25, 0.3) is 0 Å². The van der Waals surface area contributed by atoms with Crippen molar-refractivity contribution in [3.63, 3.8) is 0 Å². The van der Waals surface area contributed by atoms with Crippen LogP contribution in [0.5, 0.6) is 0 Å². The molecule has 0 bridgehead atoms. The Kier molecular flexibility index (Phi) is 7.09. The van der Waals surface area contributed by atoms with Crippen molar-refractivity contribution in [3.8, 4) is 0 Å². The predicted octanol–water partition coefficient (Wildman–Crippen LogP) is 2.28. The Labute approximate surface area is 148 Å². The number of amides is 1. The summed E-state index contributed by atoms with van der Waals surface area (Å²) in [5.74, 6) is -0.705. The average Bonchev–Trinajstić information content (AvgIpc) is 2.43. The van der Waals surface area contributed by atoms with Crippen LogP contribution < -0.4 is 9.62 Å². The zero-order valence-electron chi connectivity index (χ0n) is 13.7. The highest BCUT2D eigenvalue weighted by molar-refractivity contribution is 7.92. The summed E-state index contributed by atoms with van der Waals surface area (Å²) in [7, 11) is -2.63. The lowest BCUT2D eigenvalue weighted by molar-refractivity contribution is -0.137. The number of nitrogens with one attached hydrogen (secondary N) is 1. The van der Waals surface area contributed by atoms with E-state index in [2.05, 4.69) is 5.32 Å². The quantitative estimate of drug-likeness (QED) is 0.759. The van der Waals surface area contributed by atoms with Gasteiger partial charge in [0.05, 0.1) is 29.1 Å². The molecule has 0 aliphatic rings. The molecule has 0 unspecified atom stereocenters. The molecule has 0 aliphatic carbocycles. The van der Waals surface area contributed by atoms with Crippen LogP contribution in [-0.2, 0) is 25.7 Å². The third-order valence-corrected chi connectivity index (χ3v) is 4.50. The maximum absolute atomic E-state index is 12.9. The first-order chi connectivity index (χ1) is 11.4. The minimum Gasteiger partial charge on any atom is -0.383 e. The van der Waals surface area contributed by atoms with Gasteiger partial charge >= 0.3 is 6.18 Å². The molecule has 1 aromatic rings. The molecule has 6 nitrogen and oxygen atoms in total. The summed E-state index contributed by atoms with van der Waals surface area (Å²) < 4.78 is 67.9. The number of alkyl halides is 3. The van der Waals surface area contributed by atoms with Gasteiger partial charge in [-0.3, -0.25) is 9.10 Å². The predicted molar refractivity (Wildman–Crippen MR) is 88.1 cm³/mol. The second kappa shape index (κ2) is 8.24. The SMILES string of the molecule is COC[C@@H](C)NC(=O)CN(c1cc(C(F)(F)F)ccc1Cl)S(C)(=O)=O. The Morgan fingerprint density at radius 1 is 1.40 bits per heavy atom. The van der Waals surface area contributed by atoms with E-state index in [1.165, 1.54) is 7.11 Å². The van der Waals surface area contributed by atoms with Gasteiger partial charge in [0.25, 0.3) is 0 Å². The van der Waals surface area contributed by atoms with Crippen molar-refractivity contribution < 1.29 is 31.1 Å². The molecule has 142 valence electrons. The second-order valence-electron chi connectivity index (χ2n) is 5.36. The summed E-state index contributed by atoms with van der Waals surface area (Å²) in [4.78, 5) is 12.0. The van der Waals surface area contributed by atoms with E-state index in [-0.39, 0.29) is 11.6 Å². The number of rotatable bonds is 7. The van der Waals surface area contributed by atoms with Crippen LogP contribution in [0.3, 0.4) is 0 Å². The van der Waals surface area contributed by atoms with Crippen LogP contribution in [0.1, 0.15) is 12.5 Å². The molecule has 25 heavy (non-hydrogen) atoms. The van der Waals surface area contributed by atoms with Gasteiger partial charge in [-0.1, -0.05) is 11.6 Å². The van der Waals surface area contributed by atoms with Crippen molar-refractivity contribution in [1.29, 1.82) is 0 Å². The highest BCUT2D eigenvalue weighted by atomic mass is 35.5. The molecular weight excluding hydrogens is 385 g/mol. The normalized spacial score (nSPS) is 13.4. The zero-order chi connectivity index (χ0) is 19.4. The number of ether oxygens (including phenoxy) is 1. The summed E-state index contributed by atoms with van der Waals surface area (Å²) in [5.41, 5.74) is -1.50. The highest BCUT2D eigenvalue weighted by Gasteiger charge is 2.33. The lowest BCUT2D eigenvalue weighted by Crippen LogP contribution is -2.44. The number of carbonyl (C=O) groups is 1. The number of anilines is 1. The lowest BCUT2D eigenvalue weighted by atomic mass is 10.2. The maximum Gasteiger partial charge on any atom is 0.416 e. The molecule has 0 saturated heterocycles. The van der Waals surface area contributed by atoms with Gasteiger partial charge in [-0.05, 0) is 25.1 Å². The summed E-state index contributed by atoms with van der Waals surface area (Å²) in [6.07, 6.45) is -3.91. The van der Waals surface area contributed by atoms with Crippen molar-refractivity contribution in [2.24, 2.45) is 0 Å². The number of benzene rings is 1. The van der Waals surface area contributed by atoms with Gasteiger partial charge in [-0.25, -0.2) is 8.42 Å². The number of hydrogen-bond acceptors (Lipinski definition) is 4. The first-order valence-corrected chi connectivity index (χ1v) is 9.21. The Bertz CT molecular complexity index is 725. The van der Waals surface area contributed by atoms with Gasteiger partial charge in [0.1, 0.15) is 6.54 Å². The monoisotopic (exact) mass is 402 g/mol. The van der Waals surface area contributed by atoms with Crippen molar-refractivity contribution >= 4 is 33.2 Å². The topological polar surface area (TPSA) is 75.7 Å². The zero-order valence-corrected chi connectivity index (χ0v) is 15.3. The van der Waals surface area contributed by atoms with Crippen LogP contribution >= 0.6 is 11.6 Å². The van der Waals surface area contributed by atoms with Crippen LogP contribution in [0, 0.1) is 0 Å². The molecule has 0 spiro atoms. The van der Waals surface area contributed by atoms with E-state index in [0.717, 1.165) is 18.4 Å². The van der Waals surface area contributed by atoms with Crippen molar-refractivity contribution in [2.45, 2.75) is 19.1 Å². The fourth-order valence-electron chi connectivity index (χ4n) is 2.00. The third-order valence-electron chi connectivity index (χ3n) is 3.05. The Hall–Kier alpha value is -1.52. The van der Waals surface area contributed by atoms with Crippen LogP contribution in [0.2, 0.25) is 5.02 Å². The Balaban J connectivity index is 3.19. The van der Waals surface area contributed by atoms with Crippen LogP contribution in [0.15, 0.2) is 18.2 Å². The molecule has 1 aromatic carbocycles. The van der Waals surface area contributed by atoms with Crippen LogP contribution in [-0.4, -0.2) is 46.9 Å². The van der Waals surface area contributed by atoms with Crippen molar-refractivity contribution in [2.75, 3.05) is 30.8 Å². The molecule has 1 rings (SSSR count). The summed E-state index contributed by atoms with van der Waals surface area (Å²) >= 11 is 5.86. The van der Waals surface area contributed by atoms with Gasteiger partial charge in [-0.15, -0.1) is 0 Å². The number of carbonyl (C=O) groups excluding carboxylic acids is 1. The number of methoxy groups -OCH3 is 1. The summed E-state index contributed by atoms with van der Waals surface area (Å²) in [5, 5.41) is 2.26. The smallest absolute Gasteiger partial charge is 0.383 e. The standard InChI is InChI=1S/C14H18ClF3N2O4S/c1-9(8-24-2)19-13(21)7-20(25(3,22)23)12-6-10(14(16,17)18)4-5-11(12)15/h4-6,9H,7-8H2,1-3H3,(H,19,21)/t9-/m1/s1. The molecular formula is C14H18ClF3N2O4S. The van der Waals surface area contributed by atoms with E-state index in [1.807, 2.05) is 0 Å². The Morgan fingerprint density at radius 3 is 2.48 bits per heavy atom. The van der Waals surface area contributed by atoms with Crippen molar-refractivity contribution in [1.82, 2.24) is 5.32 Å². The number of hydrogen-bond donors (Lipinski definition) is 1. The maximum atomic E-state index is 12.9. The minimum absolute atomic E-state index is 0.189. The van der Waals surface area contributed by atoms with E-state index in [4.69, 9.17) is 16.3 Å². The Morgan fingerprint density at radius 2 is 2.00 bits per heavy atom. The van der Waals surface area contributed by atoms with E-state index >= 15 is 0 Å². The van der Waals surface area contributed by atoms with Gasteiger partial charge in [0.15, 0.2) is 0 Å². The molecule has 0 aliphatic heterocycles. The molecule has 1 amide bonds. The lowest BCUT2D eigenvalue weighted by Gasteiger charge is -2.24. The molecule has 0 radical (unpaired) electrons. The van der Waals surface area contributed by atoms with E-state index in [9.17, 15) is 26.4 Å². The number of nitrogens with zero attached hydrogens (tertiary/aromatic N) is 1. The van der Waals surface area contributed by atoms with Crippen LogP contribution in [0.4, 0.5) is 18.9 Å². The average molecular weight is 403 g/mol. The number of halogens is 4. The van der Waals surface area contributed by atoms with Crippen molar-refractivity contribution in [3.05, 3.63) is 28.8 Å². The molecule has 0 fully saturated rings. The molecule has 11 heteroatoms. The highest BCUT2D eigenvalue weighted by Crippen LogP contribution is 2.36. The molecule has 1 N–H and O–H groups in total. The minimum atomic E-state index is -4.68.